The van der Waals surface area contributed by atoms with Gasteiger partial charge in [0, 0.05) is 22.5 Å². The fourth-order valence-corrected chi connectivity index (χ4v) is 2.92. The van der Waals surface area contributed by atoms with Gasteiger partial charge in [-0.25, -0.2) is 0 Å². The lowest BCUT2D eigenvalue weighted by Gasteiger charge is -2.06. The molecule has 2 rings (SSSR count). The van der Waals surface area contributed by atoms with E-state index in [4.69, 9.17) is 29.6 Å². The van der Waals surface area contributed by atoms with Gasteiger partial charge in [-0.15, -0.1) is 11.3 Å². The van der Waals surface area contributed by atoms with Crippen molar-refractivity contribution in [3.63, 3.8) is 0 Å². The molecular formula is C14H13ClN2OS2. The number of thiophene rings is 1. The van der Waals surface area contributed by atoms with E-state index in [1.54, 1.807) is 24.3 Å². The molecule has 1 aromatic carbocycles. The van der Waals surface area contributed by atoms with Crippen LogP contribution in [0.2, 0.25) is 4.34 Å². The summed E-state index contributed by atoms with van der Waals surface area (Å²) < 4.78 is 0.760. The molecule has 1 amide bonds. The first kappa shape index (κ1) is 15.0. The molecule has 2 aromatic rings. The molecule has 104 valence electrons. The second-order valence-corrected chi connectivity index (χ2v) is 6.40. The zero-order valence-electron chi connectivity index (χ0n) is 10.6. The van der Waals surface area contributed by atoms with Gasteiger partial charge in [0.05, 0.1) is 4.34 Å². The van der Waals surface area contributed by atoms with Crippen LogP contribution in [0.5, 0.6) is 0 Å². The van der Waals surface area contributed by atoms with Crippen LogP contribution in [0.3, 0.4) is 0 Å². The van der Waals surface area contributed by atoms with Crippen molar-refractivity contribution in [3.8, 4) is 0 Å². The number of carbonyl (C=O) groups is 1. The molecule has 0 aliphatic heterocycles. The first-order valence-corrected chi connectivity index (χ1v) is 7.59. The Kier molecular flexibility index (Phi) is 5.11. The number of carbonyl (C=O) groups excluding carboxylic acids is 1. The summed E-state index contributed by atoms with van der Waals surface area (Å²) in [6.07, 6.45) is 0.762. The number of thiocarbonyl (C=S) groups is 1. The topological polar surface area (TPSA) is 55.1 Å². The average molecular weight is 325 g/mol. The third-order valence-corrected chi connectivity index (χ3v) is 4.22. The minimum Gasteiger partial charge on any atom is -0.389 e. The highest BCUT2D eigenvalue weighted by Gasteiger charge is 2.07. The van der Waals surface area contributed by atoms with E-state index in [-0.39, 0.29) is 10.9 Å². The van der Waals surface area contributed by atoms with Crippen LogP contribution in [0.15, 0.2) is 36.4 Å². The van der Waals surface area contributed by atoms with E-state index in [1.807, 2.05) is 12.1 Å². The number of hydrogen-bond donors (Lipinski definition) is 2. The number of halogens is 1. The van der Waals surface area contributed by atoms with Crippen LogP contribution in [-0.4, -0.2) is 17.4 Å². The Bertz CT molecular complexity index is 640. The number of nitrogens with two attached hydrogens (primary N) is 1. The van der Waals surface area contributed by atoms with Crippen LogP contribution in [0.25, 0.3) is 0 Å². The van der Waals surface area contributed by atoms with Gasteiger partial charge in [0.25, 0.3) is 5.91 Å². The lowest BCUT2D eigenvalue weighted by molar-refractivity contribution is 0.0954. The lowest BCUT2D eigenvalue weighted by atomic mass is 10.1. The normalized spacial score (nSPS) is 10.2. The monoisotopic (exact) mass is 324 g/mol. The van der Waals surface area contributed by atoms with Crippen LogP contribution >= 0.6 is 35.2 Å². The number of hydrogen-bond acceptors (Lipinski definition) is 3. The van der Waals surface area contributed by atoms with Crippen molar-refractivity contribution < 1.29 is 4.79 Å². The Morgan fingerprint density at radius 3 is 2.70 bits per heavy atom. The molecule has 3 N–H and O–H groups in total. The third-order valence-electron chi connectivity index (χ3n) is 2.70. The van der Waals surface area contributed by atoms with Crippen LogP contribution < -0.4 is 11.1 Å². The van der Waals surface area contributed by atoms with Gasteiger partial charge in [0.1, 0.15) is 4.99 Å². The first-order chi connectivity index (χ1) is 9.56. The molecule has 0 aliphatic carbocycles. The lowest BCUT2D eigenvalue weighted by Crippen LogP contribution is -2.25. The first-order valence-electron chi connectivity index (χ1n) is 5.98. The van der Waals surface area contributed by atoms with Crippen molar-refractivity contribution in [3.05, 3.63) is 56.7 Å². The summed E-state index contributed by atoms with van der Waals surface area (Å²) in [5.74, 6) is -0.134. The van der Waals surface area contributed by atoms with Crippen molar-refractivity contribution in [2.75, 3.05) is 6.54 Å². The molecule has 0 saturated heterocycles. The smallest absolute Gasteiger partial charge is 0.251 e. The Hall–Kier alpha value is -1.43. The molecule has 1 heterocycles. The summed E-state index contributed by atoms with van der Waals surface area (Å²) in [5, 5.41) is 2.86. The van der Waals surface area contributed by atoms with E-state index in [1.165, 1.54) is 11.3 Å². The van der Waals surface area contributed by atoms with Crippen molar-refractivity contribution in [2.45, 2.75) is 6.42 Å². The Morgan fingerprint density at radius 1 is 1.30 bits per heavy atom. The van der Waals surface area contributed by atoms with Crippen molar-refractivity contribution in [1.82, 2.24) is 5.32 Å². The molecule has 0 fully saturated rings. The maximum atomic E-state index is 12.0. The van der Waals surface area contributed by atoms with Crippen molar-refractivity contribution >= 4 is 46.1 Å². The van der Waals surface area contributed by atoms with E-state index < -0.39 is 0 Å². The quantitative estimate of drug-likeness (QED) is 0.831. The van der Waals surface area contributed by atoms with Crippen LogP contribution in [0, 0.1) is 0 Å². The highest BCUT2D eigenvalue weighted by molar-refractivity contribution is 7.80. The van der Waals surface area contributed by atoms with Gasteiger partial charge in [-0.1, -0.05) is 36.0 Å². The van der Waals surface area contributed by atoms with Gasteiger partial charge < -0.3 is 11.1 Å². The molecule has 1 aromatic heterocycles. The van der Waals surface area contributed by atoms with Gasteiger partial charge >= 0.3 is 0 Å². The summed E-state index contributed by atoms with van der Waals surface area (Å²) >= 11 is 12.3. The highest BCUT2D eigenvalue weighted by Crippen LogP contribution is 2.21. The summed E-state index contributed by atoms with van der Waals surface area (Å²) in [4.78, 5) is 13.4. The van der Waals surface area contributed by atoms with Gasteiger partial charge in [0.2, 0.25) is 0 Å². The number of nitrogens with one attached hydrogen (secondary N) is 1. The molecule has 0 radical (unpaired) electrons. The van der Waals surface area contributed by atoms with E-state index >= 15 is 0 Å². The minimum atomic E-state index is -0.134. The van der Waals surface area contributed by atoms with Crippen molar-refractivity contribution in [1.29, 1.82) is 0 Å². The number of rotatable bonds is 5. The van der Waals surface area contributed by atoms with Gasteiger partial charge in [-0.05, 0) is 30.7 Å². The summed E-state index contributed by atoms with van der Waals surface area (Å²) in [6.45, 7) is 0.562. The molecule has 3 nitrogen and oxygen atoms in total. The Labute approximate surface area is 131 Å². The minimum absolute atomic E-state index is 0.134. The Balaban J connectivity index is 1.91. The molecule has 0 spiro atoms. The summed E-state index contributed by atoms with van der Waals surface area (Å²) in [7, 11) is 0. The van der Waals surface area contributed by atoms with E-state index in [2.05, 4.69) is 5.32 Å². The molecular weight excluding hydrogens is 312 g/mol. The van der Waals surface area contributed by atoms with E-state index in [9.17, 15) is 4.79 Å². The molecule has 0 atom stereocenters. The second-order valence-electron chi connectivity index (χ2n) is 4.16. The summed E-state index contributed by atoms with van der Waals surface area (Å²) in [6, 6.07) is 10.8. The van der Waals surface area contributed by atoms with Crippen LogP contribution in [0.4, 0.5) is 0 Å². The van der Waals surface area contributed by atoms with E-state index in [0.717, 1.165) is 15.6 Å². The second kappa shape index (κ2) is 6.83. The Morgan fingerprint density at radius 2 is 2.05 bits per heavy atom. The molecule has 0 aliphatic rings. The maximum Gasteiger partial charge on any atom is 0.251 e. The molecule has 0 unspecified atom stereocenters. The maximum absolute atomic E-state index is 12.0. The largest absolute Gasteiger partial charge is 0.389 e. The standard InChI is InChI=1S/C14H13ClN2OS2/c15-12-5-4-11(20-12)6-7-17-14(18)10-3-1-2-9(8-10)13(16)19/h1-5,8H,6-7H2,(H2,16,19)(H,17,18). The third kappa shape index (κ3) is 4.03. The van der Waals surface area contributed by atoms with Gasteiger partial charge in [-0.3, -0.25) is 4.79 Å². The van der Waals surface area contributed by atoms with Crippen molar-refractivity contribution in [2.24, 2.45) is 5.73 Å². The zero-order chi connectivity index (χ0) is 14.5. The molecule has 0 bridgehead atoms. The van der Waals surface area contributed by atoms with Gasteiger partial charge in [0.15, 0.2) is 0 Å². The predicted molar refractivity (Wildman–Crippen MR) is 87.7 cm³/mol. The fraction of sp³-hybridized carbons (Fsp3) is 0.143. The average Bonchev–Trinajstić information content (AvgIpc) is 2.84. The zero-order valence-corrected chi connectivity index (χ0v) is 12.9. The van der Waals surface area contributed by atoms with Gasteiger partial charge in [-0.2, -0.15) is 0 Å². The fourth-order valence-electron chi connectivity index (χ4n) is 1.70. The predicted octanol–water partition coefficient (Wildman–Crippen LogP) is 3.01. The number of benzene rings is 1. The number of amides is 1. The SMILES string of the molecule is NC(=S)c1cccc(C(=O)NCCc2ccc(Cl)s2)c1. The van der Waals surface area contributed by atoms with E-state index in [0.29, 0.717) is 17.7 Å². The van der Waals surface area contributed by atoms with Crippen LogP contribution in [0.1, 0.15) is 20.8 Å². The molecule has 6 heteroatoms. The summed E-state index contributed by atoms with van der Waals surface area (Å²) in [5.41, 5.74) is 6.80. The molecule has 20 heavy (non-hydrogen) atoms. The van der Waals surface area contributed by atoms with Crippen LogP contribution in [-0.2, 0) is 6.42 Å². The molecule has 0 saturated carbocycles. The highest BCUT2D eigenvalue weighted by atomic mass is 35.5.